The SMILES string of the molecule is Brc1ccc(/C=C/c2ccc(-c3ccncc3)s2)s1. The minimum atomic E-state index is 1.16. The van der Waals surface area contributed by atoms with Gasteiger partial charge in [-0.1, -0.05) is 0 Å². The van der Waals surface area contributed by atoms with Gasteiger partial charge in [0, 0.05) is 27.0 Å². The molecule has 0 aliphatic rings. The quantitative estimate of drug-likeness (QED) is 0.582. The Kier molecular flexibility index (Phi) is 3.92. The number of aromatic nitrogens is 1. The molecule has 0 atom stereocenters. The standard InChI is InChI=1S/C15H10BrNS2/c16-15-6-4-13(19-15)2-1-12-3-5-14(18-12)11-7-9-17-10-8-11/h1-10H/b2-1+. The monoisotopic (exact) mass is 347 g/mol. The molecule has 0 amide bonds. The lowest BCUT2D eigenvalue weighted by Gasteiger charge is -1.93. The first-order valence-corrected chi connectivity index (χ1v) is 8.17. The first kappa shape index (κ1) is 12.8. The lowest BCUT2D eigenvalue weighted by molar-refractivity contribution is 1.33. The van der Waals surface area contributed by atoms with Crippen molar-refractivity contribution >= 4 is 50.8 Å². The predicted octanol–water partition coefficient (Wildman–Crippen LogP) is 5.80. The maximum atomic E-state index is 4.04. The summed E-state index contributed by atoms with van der Waals surface area (Å²) in [7, 11) is 0. The molecule has 0 radical (unpaired) electrons. The molecule has 0 fully saturated rings. The highest BCUT2D eigenvalue weighted by Crippen LogP contribution is 2.29. The predicted molar refractivity (Wildman–Crippen MR) is 88.5 cm³/mol. The average Bonchev–Trinajstić information content (AvgIpc) is 3.06. The molecule has 0 aromatic carbocycles. The number of nitrogens with zero attached hydrogens (tertiary/aromatic N) is 1. The van der Waals surface area contributed by atoms with Gasteiger partial charge < -0.3 is 0 Å². The van der Waals surface area contributed by atoms with E-state index in [0.717, 1.165) is 3.79 Å². The Morgan fingerprint density at radius 3 is 2.21 bits per heavy atom. The van der Waals surface area contributed by atoms with Crippen molar-refractivity contribution in [3.63, 3.8) is 0 Å². The summed E-state index contributed by atoms with van der Waals surface area (Å²) in [5.74, 6) is 0. The first-order valence-electron chi connectivity index (χ1n) is 5.75. The Bertz CT molecular complexity index is 698. The van der Waals surface area contributed by atoms with Gasteiger partial charge >= 0.3 is 0 Å². The number of thiophene rings is 2. The fourth-order valence-electron chi connectivity index (χ4n) is 1.70. The Hall–Kier alpha value is -1.23. The summed E-state index contributed by atoms with van der Waals surface area (Å²) in [5, 5.41) is 0. The van der Waals surface area contributed by atoms with E-state index in [1.165, 1.54) is 20.2 Å². The van der Waals surface area contributed by atoms with Crippen LogP contribution in [-0.4, -0.2) is 4.98 Å². The van der Waals surface area contributed by atoms with Crippen LogP contribution in [-0.2, 0) is 0 Å². The molecule has 0 saturated heterocycles. The van der Waals surface area contributed by atoms with Gasteiger partial charge in [-0.2, -0.15) is 0 Å². The molecule has 4 heteroatoms. The molecule has 0 N–H and O–H groups in total. The summed E-state index contributed by atoms with van der Waals surface area (Å²) in [6.07, 6.45) is 7.96. The van der Waals surface area contributed by atoms with Gasteiger partial charge in [-0.15, -0.1) is 22.7 Å². The van der Waals surface area contributed by atoms with Crippen molar-refractivity contribution in [2.75, 3.05) is 0 Å². The summed E-state index contributed by atoms with van der Waals surface area (Å²) < 4.78 is 1.16. The van der Waals surface area contributed by atoms with Crippen LogP contribution in [0.15, 0.2) is 52.6 Å². The van der Waals surface area contributed by atoms with Crippen molar-refractivity contribution in [1.29, 1.82) is 0 Å². The topological polar surface area (TPSA) is 12.9 Å². The van der Waals surface area contributed by atoms with Crippen molar-refractivity contribution in [3.8, 4) is 10.4 Å². The molecule has 3 aromatic heterocycles. The van der Waals surface area contributed by atoms with Crippen LogP contribution in [0, 0.1) is 0 Å². The smallest absolute Gasteiger partial charge is 0.0704 e. The van der Waals surface area contributed by atoms with Crippen LogP contribution in [0.3, 0.4) is 0 Å². The van der Waals surface area contributed by atoms with Crippen LogP contribution in [0.5, 0.6) is 0 Å². The third-order valence-corrected chi connectivity index (χ3v) is 5.29. The van der Waals surface area contributed by atoms with Gasteiger partial charge in [0.2, 0.25) is 0 Å². The maximum Gasteiger partial charge on any atom is 0.0704 e. The van der Waals surface area contributed by atoms with E-state index in [4.69, 9.17) is 0 Å². The number of halogens is 1. The molecule has 0 saturated carbocycles. The largest absolute Gasteiger partial charge is 0.265 e. The lowest BCUT2D eigenvalue weighted by Crippen LogP contribution is -1.71. The molecule has 94 valence electrons. The second-order valence-electron chi connectivity index (χ2n) is 3.91. The average molecular weight is 348 g/mol. The Morgan fingerprint density at radius 2 is 1.53 bits per heavy atom. The molecule has 1 nitrogen and oxygen atoms in total. The van der Waals surface area contributed by atoms with E-state index >= 15 is 0 Å². The molecule has 0 aliphatic carbocycles. The molecule has 3 heterocycles. The maximum absolute atomic E-state index is 4.04. The van der Waals surface area contributed by atoms with Crippen molar-refractivity contribution < 1.29 is 0 Å². The zero-order valence-corrected chi connectivity index (χ0v) is 13.1. The van der Waals surface area contributed by atoms with E-state index < -0.39 is 0 Å². The number of pyridine rings is 1. The van der Waals surface area contributed by atoms with Crippen LogP contribution >= 0.6 is 38.6 Å². The highest BCUT2D eigenvalue weighted by atomic mass is 79.9. The summed E-state index contributed by atoms with van der Waals surface area (Å²) in [6.45, 7) is 0. The van der Waals surface area contributed by atoms with E-state index in [-0.39, 0.29) is 0 Å². The molecule has 19 heavy (non-hydrogen) atoms. The molecule has 0 unspecified atom stereocenters. The van der Waals surface area contributed by atoms with E-state index in [1.807, 2.05) is 24.5 Å². The van der Waals surface area contributed by atoms with E-state index in [0.29, 0.717) is 0 Å². The summed E-state index contributed by atoms with van der Waals surface area (Å²) in [6, 6.07) is 12.6. The number of hydrogen-bond donors (Lipinski definition) is 0. The van der Waals surface area contributed by atoms with Crippen LogP contribution in [0.2, 0.25) is 0 Å². The fraction of sp³-hybridized carbons (Fsp3) is 0. The Morgan fingerprint density at radius 1 is 0.842 bits per heavy atom. The number of rotatable bonds is 3. The molecule has 0 aliphatic heterocycles. The molecule has 0 spiro atoms. The van der Waals surface area contributed by atoms with Crippen LogP contribution in [0.25, 0.3) is 22.6 Å². The van der Waals surface area contributed by atoms with Gasteiger partial charge in [0.1, 0.15) is 0 Å². The highest BCUT2D eigenvalue weighted by molar-refractivity contribution is 9.11. The second-order valence-corrected chi connectivity index (χ2v) is 7.52. The Balaban J connectivity index is 1.80. The molecular weight excluding hydrogens is 338 g/mol. The van der Waals surface area contributed by atoms with Crippen molar-refractivity contribution in [2.24, 2.45) is 0 Å². The van der Waals surface area contributed by atoms with Gasteiger partial charge in [0.15, 0.2) is 0 Å². The van der Waals surface area contributed by atoms with E-state index in [1.54, 1.807) is 22.7 Å². The minimum absolute atomic E-state index is 1.16. The molecular formula is C15H10BrNS2. The van der Waals surface area contributed by atoms with E-state index in [2.05, 4.69) is 57.3 Å². The lowest BCUT2D eigenvalue weighted by atomic mass is 10.2. The minimum Gasteiger partial charge on any atom is -0.265 e. The summed E-state index contributed by atoms with van der Waals surface area (Å²) >= 11 is 7.00. The zero-order chi connectivity index (χ0) is 13.1. The van der Waals surface area contributed by atoms with Crippen molar-refractivity contribution in [1.82, 2.24) is 4.98 Å². The zero-order valence-electron chi connectivity index (χ0n) is 9.92. The van der Waals surface area contributed by atoms with Crippen LogP contribution < -0.4 is 0 Å². The summed E-state index contributed by atoms with van der Waals surface area (Å²) in [4.78, 5) is 7.83. The van der Waals surface area contributed by atoms with E-state index in [9.17, 15) is 0 Å². The highest BCUT2D eigenvalue weighted by Gasteiger charge is 2.00. The van der Waals surface area contributed by atoms with Gasteiger partial charge in [0.25, 0.3) is 0 Å². The van der Waals surface area contributed by atoms with Gasteiger partial charge in [-0.25, -0.2) is 0 Å². The molecule has 3 rings (SSSR count). The molecule has 0 bridgehead atoms. The van der Waals surface area contributed by atoms with Gasteiger partial charge in [0.05, 0.1) is 3.79 Å². The second kappa shape index (κ2) is 5.82. The third-order valence-electron chi connectivity index (χ3n) is 2.60. The van der Waals surface area contributed by atoms with Crippen LogP contribution in [0.4, 0.5) is 0 Å². The normalized spacial score (nSPS) is 11.2. The first-order chi connectivity index (χ1) is 9.31. The van der Waals surface area contributed by atoms with Crippen molar-refractivity contribution in [3.05, 3.63) is 62.3 Å². The third kappa shape index (κ3) is 3.21. The van der Waals surface area contributed by atoms with Crippen molar-refractivity contribution in [2.45, 2.75) is 0 Å². The fourth-order valence-corrected chi connectivity index (χ4v) is 3.94. The van der Waals surface area contributed by atoms with Crippen LogP contribution in [0.1, 0.15) is 9.75 Å². The Labute approximate surface area is 128 Å². The van der Waals surface area contributed by atoms with Gasteiger partial charge in [-0.05, 0) is 70.0 Å². The summed E-state index contributed by atoms with van der Waals surface area (Å²) in [5.41, 5.74) is 1.22. The number of hydrogen-bond acceptors (Lipinski definition) is 3. The van der Waals surface area contributed by atoms with Gasteiger partial charge in [-0.3, -0.25) is 4.98 Å². The molecule has 3 aromatic rings.